The van der Waals surface area contributed by atoms with Gasteiger partial charge in [-0.3, -0.25) is 9.69 Å². The normalized spacial score (nSPS) is 16.2. The molecule has 0 radical (unpaired) electrons. The summed E-state index contributed by atoms with van der Waals surface area (Å²) in [6.07, 6.45) is 3.50. The Kier molecular flexibility index (Phi) is 5.97. The first-order valence-electron chi connectivity index (χ1n) is 9.24. The van der Waals surface area contributed by atoms with Gasteiger partial charge in [0.1, 0.15) is 0 Å². The number of nitrogens with zero attached hydrogens (tertiary/aromatic N) is 1. The molecule has 1 N–H and O–H groups in total. The van der Waals surface area contributed by atoms with Crippen LogP contribution in [0.3, 0.4) is 0 Å². The molecule has 1 aliphatic rings. The lowest BCUT2D eigenvalue weighted by atomic mass is 10.0. The molecule has 1 heterocycles. The molecule has 144 valence electrons. The van der Waals surface area contributed by atoms with Gasteiger partial charge in [0, 0.05) is 18.4 Å². The third kappa shape index (κ3) is 4.76. The largest absolute Gasteiger partial charge is 0.350 e. The van der Waals surface area contributed by atoms with E-state index in [1.54, 1.807) is 12.1 Å². The second kappa shape index (κ2) is 8.23. The Labute approximate surface area is 161 Å². The molecule has 0 aliphatic carbocycles. The number of hydrogen-bond donors (Lipinski definition) is 1. The van der Waals surface area contributed by atoms with Crippen molar-refractivity contribution in [1.29, 1.82) is 0 Å². The van der Waals surface area contributed by atoms with Crippen LogP contribution in [-0.2, 0) is 9.84 Å². The van der Waals surface area contributed by atoms with Gasteiger partial charge in [0.05, 0.1) is 10.9 Å². The number of likely N-dealkylation sites (tertiary alicyclic amines) is 1. The van der Waals surface area contributed by atoms with Crippen molar-refractivity contribution in [1.82, 2.24) is 10.2 Å². The molecule has 1 amide bonds. The minimum atomic E-state index is -3.35. The van der Waals surface area contributed by atoms with Crippen molar-refractivity contribution in [3.05, 3.63) is 65.2 Å². The lowest BCUT2D eigenvalue weighted by Crippen LogP contribution is -2.37. The fourth-order valence-electron chi connectivity index (χ4n) is 3.55. The van der Waals surface area contributed by atoms with Crippen molar-refractivity contribution >= 4 is 15.7 Å². The third-order valence-electron chi connectivity index (χ3n) is 5.10. The molecule has 0 spiro atoms. The van der Waals surface area contributed by atoms with Gasteiger partial charge in [0.25, 0.3) is 5.91 Å². The molecule has 1 aliphatic heterocycles. The van der Waals surface area contributed by atoms with E-state index in [9.17, 15) is 13.2 Å². The van der Waals surface area contributed by atoms with Gasteiger partial charge in [-0.1, -0.05) is 36.4 Å². The predicted octanol–water partition coefficient (Wildman–Crippen LogP) is 2.97. The summed E-state index contributed by atoms with van der Waals surface area (Å²) in [6, 6.07) is 15.0. The molecule has 1 atom stereocenters. The van der Waals surface area contributed by atoms with Crippen LogP contribution in [0, 0.1) is 6.92 Å². The Morgan fingerprint density at radius 1 is 1.11 bits per heavy atom. The van der Waals surface area contributed by atoms with E-state index in [-0.39, 0.29) is 16.8 Å². The first-order valence-corrected chi connectivity index (χ1v) is 11.1. The molecule has 2 aromatic carbocycles. The van der Waals surface area contributed by atoms with E-state index >= 15 is 0 Å². The molecule has 6 heteroatoms. The Bertz CT molecular complexity index is 904. The van der Waals surface area contributed by atoms with Crippen LogP contribution in [0.15, 0.2) is 53.4 Å². The van der Waals surface area contributed by atoms with Crippen LogP contribution in [0.25, 0.3) is 0 Å². The van der Waals surface area contributed by atoms with Gasteiger partial charge >= 0.3 is 0 Å². The maximum absolute atomic E-state index is 12.8. The summed E-state index contributed by atoms with van der Waals surface area (Å²) in [5.41, 5.74) is 2.35. The van der Waals surface area contributed by atoms with E-state index < -0.39 is 9.84 Å². The number of nitrogens with one attached hydrogen (secondary N) is 1. The highest BCUT2D eigenvalue weighted by atomic mass is 32.2. The molecule has 0 bridgehead atoms. The number of rotatable bonds is 6. The van der Waals surface area contributed by atoms with Crippen molar-refractivity contribution in [2.75, 3.05) is 25.9 Å². The van der Waals surface area contributed by atoms with Crippen molar-refractivity contribution in [3.63, 3.8) is 0 Å². The minimum absolute atomic E-state index is 0.121. The first-order chi connectivity index (χ1) is 12.9. The van der Waals surface area contributed by atoms with Gasteiger partial charge in [0.15, 0.2) is 9.84 Å². The van der Waals surface area contributed by atoms with Crippen LogP contribution in [-0.4, -0.2) is 45.1 Å². The highest BCUT2D eigenvalue weighted by Gasteiger charge is 2.24. The zero-order valence-corrected chi connectivity index (χ0v) is 16.6. The lowest BCUT2D eigenvalue weighted by Gasteiger charge is -2.28. The predicted molar refractivity (Wildman–Crippen MR) is 107 cm³/mol. The zero-order valence-electron chi connectivity index (χ0n) is 15.8. The fourth-order valence-corrected chi connectivity index (χ4v) is 4.19. The Morgan fingerprint density at radius 2 is 1.78 bits per heavy atom. The number of hydrogen-bond acceptors (Lipinski definition) is 4. The first kappa shape index (κ1) is 19.6. The lowest BCUT2D eigenvalue weighted by molar-refractivity contribution is 0.0937. The zero-order chi connectivity index (χ0) is 19.4. The summed E-state index contributed by atoms with van der Waals surface area (Å²) in [6.45, 7) is 4.36. The van der Waals surface area contributed by atoms with Gasteiger partial charge in [-0.05, 0) is 56.1 Å². The van der Waals surface area contributed by atoms with Gasteiger partial charge in [-0.2, -0.15) is 0 Å². The molecule has 3 rings (SSSR count). The highest BCUT2D eigenvalue weighted by molar-refractivity contribution is 7.90. The number of benzene rings is 2. The molecule has 0 aromatic heterocycles. The minimum Gasteiger partial charge on any atom is -0.350 e. The number of aryl methyl sites for hydroxylation is 1. The molecular formula is C21H26N2O3S. The van der Waals surface area contributed by atoms with Crippen molar-refractivity contribution in [2.24, 2.45) is 0 Å². The Morgan fingerprint density at radius 3 is 2.41 bits per heavy atom. The van der Waals surface area contributed by atoms with Crippen LogP contribution in [0.4, 0.5) is 0 Å². The SMILES string of the molecule is Cc1ccc(S(C)(=O)=O)cc1C(=O)NC[C@@H](c1ccccc1)N1CCCC1. The number of carbonyl (C=O) groups is 1. The Hall–Kier alpha value is -2.18. The van der Waals surface area contributed by atoms with E-state index in [1.165, 1.54) is 24.5 Å². The number of carbonyl (C=O) groups excluding carboxylic acids is 1. The van der Waals surface area contributed by atoms with E-state index in [1.807, 2.05) is 25.1 Å². The van der Waals surface area contributed by atoms with Gasteiger partial charge in [-0.25, -0.2) is 8.42 Å². The molecule has 1 saturated heterocycles. The van der Waals surface area contributed by atoms with Crippen LogP contribution in [0.5, 0.6) is 0 Å². The second-order valence-electron chi connectivity index (χ2n) is 7.13. The van der Waals surface area contributed by atoms with Crippen molar-refractivity contribution < 1.29 is 13.2 Å². The Balaban J connectivity index is 1.78. The third-order valence-corrected chi connectivity index (χ3v) is 6.21. The topological polar surface area (TPSA) is 66.5 Å². The summed E-state index contributed by atoms with van der Waals surface area (Å²) < 4.78 is 23.6. The maximum atomic E-state index is 12.8. The summed E-state index contributed by atoms with van der Waals surface area (Å²) >= 11 is 0. The van der Waals surface area contributed by atoms with Gasteiger partial charge in [0.2, 0.25) is 0 Å². The maximum Gasteiger partial charge on any atom is 0.251 e. The number of amides is 1. The average Bonchev–Trinajstić information content (AvgIpc) is 3.16. The van der Waals surface area contributed by atoms with Crippen LogP contribution in [0.2, 0.25) is 0 Å². The fraction of sp³-hybridized carbons (Fsp3) is 0.381. The van der Waals surface area contributed by atoms with Gasteiger partial charge < -0.3 is 5.32 Å². The van der Waals surface area contributed by atoms with Crippen LogP contribution < -0.4 is 5.32 Å². The van der Waals surface area contributed by atoms with Crippen molar-refractivity contribution in [3.8, 4) is 0 Å². The molecule has 27 heavy (non-hydrogen) atoms. The average molecular weight is 387 g/mol. The molecule has 5 nitrogen and oxygen atoms in total. The van der Waals surface area contributed by atoms with E-state index in [2.05, 4.69) is 22.3 Å². The van der Waals surface area contributed by atoms with Gasteiger partial charge in [-0.15, -0.1) is 0 Å². The summed E-state index contributed by atoms with van der Waals surface area (Å²) in [4.78, 5) is 15.3. The molecular weight excluding hydrogens is 360 g/mol. The van der Waals surface area contributed by atoms with Crippen LogP contribution >= 0.6 is 0 Å². The van der Waals surface area contributed by atoms with E-state index in [0.29, 0.717) is 12.1 Å². The smallest absolute Gasteiger partial charge is 0.251 e. The highest BCUT2D eigenvalue weighted by Crippen LogP contribution is 2.24. The molecule has 1 fully saturated rings. The summed E-state index contributed by atoms with van der Waals surface area (Å²) in [5, 5.41) is 3.02. The van der Waals surface area contributed by atoms with E-state index in [0.717, 1.165) is 24.9 Å². The quantitative estimate of drug-likeness (QED) is 0.829. The molecule has 0 saturated carbocycles. The molecule has 0 unspecified atom stereocenters. The second-order valence-corrected chi connectivity index (χ2v) is 9.14. The monoisotopic (exact) mass is 386 g/mol. The standard InChI is InChI=1S/C21H26N2O3S/c1-16-10-11-18(27(2,25)26)14-19(16)21(24)22-15-20(23-12-6-7-13-23)17-8-4-3-5-9-17/h3-5,8-11,14,20H,6-7,12-13,15H2,1-2H3,(H,22,24)/t20-/m0/s1. The molecule has 2 aromatic rings. The summed E-state index contributed by atoms with van der Waals surface area (Å²) in [7, 11) is -3.35. The van der Waals surface area contributed by atoms with Crippen molar-refractivity contribution in [2.45, 2.75) is 30.7 Å². The van der Waals surface area contributed by atoms with Crippen LogP contribution in [0.1, 0.15) is 40.4 Å². The van der Waals surface area contributed by atoms with E-state index in [4.69, 9.17) is 0 Å². The number of sulfone groups is 1. The summed E-state index contributed by atoms with van der Waals surface area (Å²) in [5.74, 6) is -0.238.